The molecule has 0 spiro atoms. The normalized spacial score (nSPS) is 27.2. The Morgan fingerprint density at radius 1 is 1.15 bits per heavy atom. The maximum absolute atomic E-state index is 5.82. The van der Waals surface area contributed by atoms with Crippen LogP contribution in [0.2, 0.25) is 0 Å². The van der Waals surface area contributed by atoms with Crippen molar-refractivity contribution in [3.8, 4) is 0 Å². The highest BCUT2D eigenvalue weighted by molar-refractivity contribution is 4.72. The average Bonchev–Trinajstić information content (AvgIpc) is 2.29. The maximum Gasteiger partial charge on any atom is 0.0579 e. The molecule has 0 bridgehead atoms. The molecular formula is C11H23NO. The van der Waals surface area contributed by atoms with Gasteiger partial charge in [-0.2, -0.15) is 0 Å². The van der Waals surface area contributed by atoms with Gasteiger partial charge in [0.05, 0.1) is 12.2 Å². The van der Waals surface area contributed by atoms with E-state index in [0.29, 0.717) is 12.2 Å². The van der Waals surface area contributed by atoms with Gasteiger partial charge < -0.3 is 10.1 Å². The lowest BCUT2D eigenvalue weighted by molar-refractivity contribution is -0.0180. The van der Waals surface area contributed by atoms with Gasteiger partial charge in [0, 0.05) is 0 Å². The summed E-state index contributed by atoms with van der Waals surface area (Å²) in [5.41, 5.74) is 0. The van der Waals surface area contributed by atoms with Gasteiger partial charge in [0.2, 0.25) is 0 Å². The minimum Gasteiger partial charge on any atom is -0.376 e. The molecular weight excluding hydrogens is 162 g/mol. The zero-order chi connectivity index (χ0) is 9.68. The Morgan fingerprint density at radius 2 is 1.92 bits per heavy atom. The summed E-state index contributed by atoms with van der Waals surface area (Å²) >= 11 is 0. The first-order chi connectivity index (χ1) is 6.20. The quantitative estimate of drug-likeness (QED) is 0.727. The van der Waals surface area contributed by atoms with E-state index in [1.165, 1.54) is 25.8 Å². The second-order valence-electron chi connectivity index (χ2n) is 4.33. The van der Waals surface area contributed by atoms with Crippen LogP contribution < -0.4 is 5.32 Å². The molecule has 0 aromatic carbocycles. The Balaban J connectivity index is 2.30. The van der Waals surface area contributed by atoms with Crippen LogP contribution >= 0.6 is 0 Å². The number of ether oxygens (including phenoxy) is 1. The molecule has 13 heavy (non-hydrogen) atoms. The molecule has 2 heteroatoms. The SMILES string of the molecule is CC(C)OC(C)C1CCCNCC1. The first-order valence-electron chi connectivity index (χ1n) is 5.56. The maximum atomic E-state index is 5.82. The zero-order valence-corrected chi connectivity index (χ0v) is 9.18. The van der Waals surface area contributed by atoms with Crippen LogP contribution in [-0.2, 0) is 4.74 Å². The molecule has 1 fully saturated rings. The van der Waals surface area contributed by atoms with Crippen molar-refractivity contribution < 1.29 is 4.74 Å². The summed E-state index contributed by atoms with van der Waals surface area (Å²) in [7, 11) is 0. The highest BCUT2D eigenvalue weighted by Gasteiger charge is 2.19. The minimum atomic E-state index is 0.367. The molecule has 0 aromatic rings. The van der Waals surface area contributed by atoms with Gasteiger partial charge in [-0.3, -0.25) is 0 Å². The fourth-order valence-corrected chi connectivity index (χ4v) is 2.06. The summed E-state index contributed by atoms with van der Waals surface area (Å²) < 4.78 is 5.82. The molecule has 0 saturated carbocycles. The van der Waals surface area contributed by atoms with Crippen molar-refractivity contribution in [1.82, 2.24) is 5.32 Å². The van der Waals surface area contributed by atoms with Gasteiger partial charge in [-0.1, -0.05) is 0 Å². The van der Waals surface area contributed by atoms with E-state index in [1.807, 2.05) is 0 Å². The van der Waals surface area contributed by atoms with E-state index in [1.54, 1.807) is 0 Å². The predicted octanol–water partition coefficient (Wildman–Crippen LogP) is 2.19. The third kappa shape index (κ3) is 4.10. The van der Waals surface area contributed by atoms with Crippen LogP contribution in [0, 0.1) is 5.92 Å². The van der Waals surface area contributed by atoms with Crippen LogP contribution in [0.4, 0.5) is 0 Å². The smallest absolute Gasteiger partial charge is 0.0579 e. The fraction of sp³-hybridized carbons (Fsp3) is 1.00. The standard InChI is InChI=1S/C11H23NO/c1-9(2)13-10(3)11-5-4-7-12-8-6-11/h9-12H,4-8H2,1-3H3. The molecule has 2 atom stereocenters. The number of hydrogen-bond acceptors (Lipinski definition) is 2. The highest BCUT2D eigenvalue weighted by atomic mass is 16.5. The Bertz CT molecular complexity index is 128. The molecule has 2 unspecified atom stereocenters. The van der Waals surface area contributed by atoms with E-state index in [0.717, 1.165) is 12.5 Å². The van der Waals surface area contributed by atoms with Crippen molar-refractivity contribution in [2.75, 3.05) is 13.1 Å². The second-order valence-corrected chi connectivity index (χ2v) is 4.33. The van der Waals surface area contributed by atoms with Crippen LogP contribution in [0.15, 0.2) is 0 Å². The van der Waals surface area contributed by atoms with Crippen molar-refractivity contribution in [3.63, 3.8) is 0 Å². The van der Waals surface area contributed by atoms with Gasteiger partial charge in [-0.15, -0.1) is 0 Å². The lowest BCUT2D eigenvalue weighted by Gasteiger charge is -2.24. The highest BCUT2D eigenvalue weighted by Crippen LogP contribution is 2.20. The summed E-state index contributed by atoms with van der Waals surface area (Å²) in [6.45, 7) is 8.80. The van der Waals surface area contributed by atoms with E-state index in [-0.39, 0.29) is 0 Å². The van der Waals surface area contributed by atoms with E-state index in [9.17, 15) is 0 Å². The summed E-state index contributed by atoms with van der Waals surface area (Å²) in [5, 5.41) is 3.43. The lowest BCUT2D eigenvalue weighted by atomic mass is 9.95. The Morgan fingerprint density at radius 3 is 2.62 bits per heavy atom. The lowest BCUT2D eigenvalue weighted by Crippen LogP contribution is -2.25. The van der Waals surface area contributed by atoms with Crippen molar-refractivity contribution in [1.29, 1.82) is 0 Å². The van der Waals surface area contributed by atoms with Crippen molar-refractivity contribution in [2.24, 2.45) is 5.92 Å². The first kappa shape index (κ1) is 11.0. The van der Waals surface area contributed by atoms with Gasteiger partial charge >= 0.3 is 0 Å². The number of rotatable bonds is 3. The summed E-state index contributed by atoms with van der Waals surface area (Å²) in [6.07, 6.45) is 4.69. The number of nitrogens with one attached hydrogen (secondary N) is 1. The molecule has 1 aliphatic heterocycles. The Hall–Kier alpha value is -0.0800. The van der Waals surface area contributed by atoms with Crippen LogP contribution in [-0.4, -0.2) is 25.3 Å². The predicted molar refractivity (Wildman–Crippen MR) is 55.9 cm³/mol. The van der Waals surface area contributed by atoms with Gasteiger partial charge in [-0.05, 0) is 59.0 Å². The summed E-state index contributed by atoms with van der Waals surface area (Å²) in [4.78, 5) is 0. The fourth-order valence-electron chi connectivity index (χ4n) is 2.06. The molecule has 78 valence electrons. The molecule has 1 aliphatic rings. The molecule has 2 nitrogen and oxygen atoms in total. The Kier molecular flexibility index (Phi) is 4.74. The molecule has 1 N–H and O–H groups in total. The molecule has 1 saturated heterocycles. The van der Waals surface area contributed by atoms with E-state index < -0.39 is 0 Å². The molecule has 1 heterocycles. The monoisotopic (exact) mass is 185 g/mol. The average molecular weight is 185 g/mol. The van der Waals surface area contributed by atoms with Gasteiger partial charge in [0.1, 0.15) is 0 Å². The third-order valence-electron chi connectivity index (χ3n) is 2.77. The Labute approximate surface area is 82.0 Å². The van der Waals surface area contributed by atoms with Gasteiger partial charge in [0.25, 0.3) is 0 Å². The molecule has 0 amide bonds. The summed E-state index contributed by atoms with van der Waals surface area (Å²) in [5.74, 6) is 0.761. The van der Waals surface area contributed by atoms with Gasteiger partial charge in [-0.25, -0.2) is 0 Å². The minimum absolute atomic E-state index is 0.367. The van der Waals surface area contributed by atoms with Crippen LogP contribution in [0.25, 0.3) is 0 Å². The van der Waals surface area contributed by atoms with Gasteiger partial charge in [0.15, 0.2) is 0 Å². The summed E-state index contributed by atoms with van der Waals surface area (Å²) in [6, 6.07) is 0. The van der Waals surface area contributed by atoms with E-state index in [2.05, 4.69) is 26.1 Å². The van der Waals surface area contributed by atoms with Crippen molar-refractivity contribution in [2.45, 2.75) is 52.2 Å². The largest absolute Gasteiger partial charge is 0.376 e. The van der Waals surface area contributed by atoms with E-state index >= 15 is 0 Å². The van der Waals surface area contributed by atoms with E-state index in [4.69, 9.17) is 4.74 Å². The van der Waals surface area contributed by atoms with Crippen LogP contribution in [0.5, 0.6) is 0 Å². The number of hydrogen-bond donors (Lipinski definition) is 1. The third-order valence-corrected chi connectivity index (χ3v) is 2.77. The van der Waals surface area contributed by atoms with Crippen LogP contribution in [0.1, 0.15) is 40.0 Å². The molecule has 0 aliphatic carbocycles. The topological polar surface area (TPSA) is 21.3 Å². The second kappa shape index (κ2) is 5.61. The molecule has 0 radical (unpaired) electrons. The molecule has 1 rings (SSSR count). The molecule has 0 aromatic heterocycles. The van der Waals surface area contributed by atoms with Crippen LogP contribution in [0.3, 0.4) is 0 Å². The zero-order valence-electron chi connectivity index (χ0n) is 9.18. The van der Waals surface area contributed by atoms with Crippen molar-refractivity contribution in [3.05, 3.63) is 0 Å². The first-order valence-corrected chi connectivity index (χ1v) is 5.56. The van der Waals surface area contributed by atoms with Crippen molar-refractivity contribution >= 4 is 0 Å².